The number of amides is 1. The molecule has 0 unspecified atom stereocenters. The molecule has 0 heterocycles. The number of anilines is 1. The highest BCUT2D eigenvalue weighted by Crippen LogP contribution is 2.24. The Morgan fingerprint density at radius 3 is 2.36 bits per heavy atom. The first-order chi connectivity index (χ1) is 13.8. The fraction of sp³-hybridized carbons (Fsp3) is 0.174. The zero-order chi connectivity index (χ0) is 19.6. The minimum absolute atomic E-state index is 0.182. The first-order valence-corrected chi connectivity index (χ1v) is 10.2. The summed E-state index contributed by atoms with van der Waals surface area (Å²) >= 11 is 1.75. The Balaban J connectivity index is 1.50. The van der Waals surface area contributed by atoms with Crippen LogP contribution in [0.1, 0.15) is 17.3 Å². The molecule has 1 N–H and O–H groups in total. The Hall–Kier alpha value is -2.92. The summed E-state index contributed by atoms with van der Waals surface area (Å²) < 4.78 is 11.3. The fourth-order valence-corrected chi connectivity index (χ4v) is 3.34. The van der Waals surface area contributed by atoms with Crippen LogP contribution in [0.2, 0.25) is 0 Å². The van der Waals surface area contributed by atoms with E-state index in [-0.39, 0.29) is 5.91 Å². The van der Waals surface area contributed by atoms with Crippen molar-refractivity contribution in [3.05, 3.63) is 84.4 Å². The van der Waals surface area contributed by atoms with Gasteiger partial charge in [-0.05, 0) is 55.5 Å². The van der Waals surface area contributed by atoms with Crippen LogP contribution in [-0.2, 0) is 0 Å². The van der Waals surface area contributed by atoms with Gasteiger partial charge in [0.2, 0.25) is 0 Å². The van der Waals surface area contributed by atoms with E-state index in [1.165, 1.54) is 4.90 Å². The molecule has 0 aromatic heterocycles. The Morgan fingerprint density at radius 2 is 1.61 bits per heavy atom. The highest BCUT2D eigenvalue weighted by molar-refractivity contribution is 7.99. The van der Waals surface area contributed by atoms with E-state index >= 15 is 0 Å². The third-order valence-corrected chi connectivity index (χ3v) is 4.89. The molecule has 4 nitrogen and oxygen atoms in total. The number of nitrogens with one attached hydrogen (secondary N) is 1. The van der Waals surface area contributed by atoms with Crippen molar-refractivity contribution in [2.75, 3.05) is 24.3 Å². The van der Waals surface area contributed by atoms with E-state index in [0.29, 0.717) is 30.2 Å². The predicted molar refractivity (Wildman–Crippen MR) is 115 cm³/mol. The van der Waals surface area contributed by atoms with Gasteiger partial charge in [-0.2, -0.15) is 0 Å². The molecular weight excluding hydrogens is 370 g/mol. The Bertz CT molecular complexity index is 882. The number of hydrogen-bond donors (Lipinski definition) is 1. The first-order valence-electron chi connectivity index (χ1n) is 9.20. The maximum absolute atomic E-state index is 12.5. The monoisotopic (exact) mass is 393 g/mol. The fourth-order valence-electron chi connectivity index (χ4n) is 2.58. The molecule has 0 atom stereocenters. The van der Waals surface area contributed by atoms with E-state index in [2.05, 4.69) is 17.4 Å². The van der Waals surface area contributed by atoms with E-state index < -0.39 is 0 Å². The van der Waals surface area contributed by atoms with Gasteiger partial charge in [-0.15, -0.1) is 11.8 Å². The largest absolute Gasteiger partial charge is 0.493 e. The van der Waals surface area contributed by atoms with Crippen LogP contribution >= 0.6 is 11.8 Å². The summed E-state index contributed by atoms with van der Waals surface area (Å²) in [5.41, 5.74) is 1.23. The van der Waals surface area contributed by atoms with Gasteiger partial charge in [-0.3, -0.25) is 4.79 Å². The third-order valence-electron chi connectivity index (χ3n) is 3.92. The van der Waals surface area contributed by atoms with Crippen molar-refractivity contribution < 1.29 is 14.3 Å². The van der Waals surface area contributed by atoms with E-state index in [1.54, 1.807) is 23.9 Å². The molecule has 0 fully saturated rings. The second-order valence-electron chi connectivity index (χ2n) is 5.92. The summed E-state index contributed by atoms with van der Waals surface area (Å²) in [6.07, 6.45) is 0. The summed E-state index contributed by atoms with van der Waals surface area (Å²) in [6.45, 7) is 3.06. The normalized spacial score (nSPS) is 10.3. The Labute approximate surface area is 169 Å². The summed E-state index contributed by atoms with van der Waals surface area (Å²) in [6, 6.07) is 24.8. The molecule has 3 aromatic carbocycles. The predicted octanol–water partition coefficient (Wildman–Crippen LogP) is 5.51. The lowest BCUT2D eigenvalue weighted by Gasteiger charge is -2.11. The molecule has 1 amide bonds. The second kappa shape index (κ2) is 10.4. The molecule has 0 radical (unpaired) electrons. The van der Waals surface area contributed by atoms with Crippen molar-refractivity contribution in [3.8, 4) is 11.5 Å². The number of hydrogen-bond acceptors (Lipinski definition) is 4. The van der Waals surface area contributed by atoms with E-state index in [4.69, 9.17) is 9.47 Å². The van der Waals surface area contributed by atoms with Crippen molar-refractivity contribution in [2.24, 2.45) is 0 Å². The van der Waals surface area contributed by atoms with Crippen LogP contribution < -0.4 is 14.8 Å². The summed E-state index contributed by atoms with van der Waals surface area (Å²) in [5, 5.41) is 2.89. The molecule has 28 heavy (non-hydrogen) atoms. The zero-order valence-electron chi connectivity index (χ0n) is 15.8. The highest BCUT2D eigenvalue weighted by Gasteiger charge is 2.09. The number of carbonyl (C=O) groups excluding carboxylic acids is 1. The number of thioether (sulfide) groups is 1. The van der Waals surface area contributed by atoms with Crippen molar-refractivity contribution in [3.63, 3.8) is 0 Å². The lowest BCUT2D eigenvalue weighted by molar-refractivity contribution is 0.102. The third kappa shape index (κ3) is 5.79. The lowest BCUT2D eigenvalue weighted by atomic mass is 10.2. The molecule has 3 aromatic rings. The van der Waals surface area contributed by atoms with Gasteiger partial charge in [0, 0.05) is 16.2 Å². The average molecular weight is 394 g/mol. The molecule has 0 aliphatic heterocycles. The van der Waals surface area contributed by atoms with Gasteiger partial charge in [0.05, 0.1) is 18.9 Å². The quantitative estimate of drug-likeness (QED) is 0.385. The molecule has 0 bridgehead atoms. The molecule has 0 spiro atoms. The molecule has 0 aliphatic rings. The molecule has 0 saturated heterocycles. The van der Waals surface area contributed by atoms with Crippen LogP contribution in [-0.4, -0.2) is 24.9 Å². The van der Waals surface area contributed by atoms with E-state index in [0.717, 1.165) is 11.5 Å². The van der Waals surface area contributed by atoms with Crippen LogP contribution in [0.4, 0.5) is 5.69 Å². The highest BCUT2D eigenvalue weighted by atomic mass is 32.2. The van der Waals surface area contributed by atoms with Gasteiger partial charge in [0.1, 0.15) is 11.5 Å². The molecule has 5 heteroatoms. The lowest BCUT2D eigenvalue weighted by Crippen LogP contribution is -2.13. The van der Waals surface area contributed by atoms with Gasteiger partial charge in [-0.25, -0.2) is 0 Å². The number of benzene rings is 3. The van der Waals surface area contributed by atoms with Crippen molar-refractivity contribution in [2.45, 2.75) is 11.8 Å². The standard InChI is InChI=1S/C23H23NO3S/c1-2-26-22-11-7-6-10-21(22)24-23(25)18-12-14-19(15-13-18)27-16-17-28-20-8-4-3-5-9-20/h3-15H,2,16-17H2,1H3,(H,24,25). The van der Waals surface area contributed by atoms with Crippen LogP contribution in [0, 0.1) is 0 Å². The van der Waals surface area contributed by atoms with Gasteiger partial charge in [0.25, 0.3) is 5.91 Å². The number of ether oxygens (including phenoxy) is 2. The SMILES string of the molecule is CCOc1ccccc1NC(=O)c1ccc(OCCSc2ccccc2)cc1. The van der Waals surface area contributed by atoms with E-state index in [9.17, 15) is 4.79 Å². The smallest absolute Gasteiger partial charge is 0.255 e. The zero-order valence-corrected chi connectivity index (χ0v) is 16.6. The minimum atomic E-state index is -0.182. The number of para-hydroxylation sites is 2. The van der Waals surface area contributed by atoms with Crippen molar-refractivity contribution in [1.29, 1.82) is 0 Å². The van der Waals surface area contributed by atoms with Crippen LogP contribution in [0.15, 0.2) is 83.8 Å². The second-order valence-corrected chi connectivity index (χ2v) is 7.09. The van der Waals surface area contributed by atoms with Gasteiger partial charge >= 0.3 is 0 Å². The van der Waals surface area contributed by atoms with Crippen LogP contribution in [0.25, 0.3) is 0 Å². The van der Waals surface area contributed by atoms with Gasteiger partial charge in [0.15, 0.2) is 0 Å². The van der Waals surface area contributed by atoms with Gasteiger partial charge < -0.3 is 14.8 Å². The summed E-state index contributed by atoms with van der Waals surface area (Å²) in [4.78, 5) is 13.7. The molecule has 3 rings (SSSR count). The van der Waals surface area contributed by atoms with Crippen molar-refractivity contribution in [1.82, 2.24) is 0 Å². The average Bonchev–Trinajstić information content (AvgIpc) is 2.74. The van der Waals surface area contributed by atoms with Crippen LogP contribution in [0.5, 0.6) is 11.5 Å². The summed E-state index contributed by atoms with van der Waals surface area (Å²) in [5.74, 6) is 2.09. The minimum Gasteiger partial charge on any atom is -0.493 e. The summed E-state index contributed by atoms with van der Waals surface area (Å²) in [7, 11) is 0. The molecule has 0 aliphatic carbocycles. The molecule has 0 saturated carbocycles. The number of carbonyl (C=O) groups is 1. The molecule has 144 valence electrons. The van der Waals surface area contributed by atoms with E-state index in [1.807, 2.05) is 61.5 Å². The maximum atomic E-state index is 12.5. The Morgan fingerprint density at radius 1 is 0.893 bits per heavy atom. The maximum Gasteiger partial charge on any atom is 0.255 e. The first kappa shape index (κ1) is 19.8. The number of rotatable bonds is 9. The Kier molecular flexibility index (Phi) is 7.38. The van der Waals surface area contributed by atoms with Crippen LogP contribution in [0.3, 0.4) is 0 Å². The van der Waals surface area contributed by atoms with Gasteiger partial charge in [-0.1, -0.05) is 30.3 Å². The topological polar surface area (TPSA) is 47.6 Å². The molecular formula is C23H23NO3S. The van der Waals surface area contributed by atoms with Crippen molar-refractivity contribution >= 4 is 23.4 Å².